The van der Waals surface area contributed by atoms with Crippen LogP contribution < -0.4 is 15.4 Å². The lowest BCUT2D eigenvalue weighted by Crippen LogP contribution is -2.36. The van der Waals surface area contributed by atoms with Gasteiger partial charge in [-0.1, -0.05) is 22.9 Å². The minimum absolute atomic E-state index is 0.0106. The third-order valence-corrected chi connectivity index (χ3v) is 3.45. The largest absolute Gasteiger partial charge is 0.495 e. The van der Waals surface area contributed by atoms with Gasteiger partial charge in [0.1, 0.15) is 5.75 Å². The molecular formula is C13H19BrN2O2. The van der Waals surface area contributed by atoms with E-state index in [4.69, 9.17) is 10.5 Å². The van der Waals surface area contributed by atoms with Gasteiger partial charge in [0, 0.05) is 18.1 Å². The van der Waals surface area contributed by atoms with Crippen molar-refractivity contribution in [2.24, 2.45) is 11.7 Å². The molecule has 0 aliphatic heterocycles. The van der Waals surface area contributed by atoms with E-state index in [1.165, 1.54) is 0 Å². The van der Waals surface area contributed by atoms with E-state index >= 15 is 0 Å². The smallest absolute Gasteiger partial charge is 0.231 e. The minimum atomic E-state index is -0.154. The number of hydrogen-bond donors (Lipinski definition) is 1. The van der Waals surface area contributed by atoms with E-state index in [1.54, 1.807) is 19.1 Å². The second-order valence-corrected chi connectivity index (χ2v) is 4.97. The molecule has 4 nitrogen and oxygen atoms in total. The van der Waals surface area contributed by atoms with Gasteiger partial charge in [0.2, 0.25) is 5.91 Å². The standard InChI is InChI=1S/C13H19BrN2O2/c1-4-9(8-15)13(17)16(2)11-7-10(14)5-6-12(11)18-3/h5-7,9H,4,8,15H2,1-3H3. The fourth-order valence-electron chi connectivity index (χ4n) is 1.76. The number of anilines is 1. The summed E-state index contributed by atoms with van der Waals surface area (Å²) in [6.45, 7) is 2.32. The quantitative estimate of drug-likeness (QED) is 0.908. The molecule has 0 saturated carbocycles. The number of benzene rings is 1. The Bertz CT molecular complexity index is 419. The van der Waals surface area contributed by atoms with Crippen LogP contribution in [-0.2, 0) is 4.79 Å². The number of hydrogen-bond acceptors (Lipinski definition) is 3. The van der Waals surface area contributed by atoms with Crippen molar-refractivity contribution in [1.29, 1.82) is 0 Å². The maximum absolute atomic E-state index is 12.3. The summed E-state index contributed by atoms with van der Waals surface area (Å²) in [5.74, 6) is 0.524. The number of ether oxygens (including phenoxy) is 1. The van der Waals surface area contributed by atoms with Gasteiger partial charge in [-0.15, -0.1) is 0 Å². The summed E-state index contributed by atoms with van der Waals surface area (Å²) in [6, 6.07) is 5.56. The summed E-state index contributed by atoms with van der Waals surface area (Å²) in [7, 11) is 3.33. The van der Waals surface area contributed by atoms with Crippen LogP contribution in [0.25, 0.3) is 0 Å². The molecule has 5 heteroatoms. The molecule has 1 aromatic rings. The van der Waals surface area contributed by atoms with Crippen LogP contribution in [0.3, 0.4) is 0 Å². The van der Waals surface area contributed by atoms with Gasteiger partial charge >= 0.3 is 0 Å². The molecule has 0 aromatic heterocycles. The SMILES string of the molecule is CCC(CN)C(=O)N(C)c1cc(Br)ccc1OC. The van der Waals surface area contributed by atoms with Gasteiger partial charge in [0.25, 0.3) is 0 Å². The lowest BCUT2D eigenvalue weighted by atomic mass is 10.1. The third-order valence-electron chi connectivity index (χ3n) is 2.96. The van der Waals surface area contributed by atoms with E-state index in [2.05, 4.69) is 15.9 Å². The second-order valence-electron chi connectivity index (χ2n) is 4.05. The summed E-state index contributed by atoms with van der Waals surface area (Å²) >= 11 is 3.40. The van der Waals surface area contributed by atoms with Crippen molar-refractivity contribution in [1.82, 2.24) is 0 Å². The first-order chi connectivity index (χ1) is 8.54. The predicted octanol–water partition coefficient (Wildman–Crippen LogP) is 2.41. The Morgan fingerprint density at radius 2 is 2.22 bits per heavy atom. The summed E-state index contributed by atoms with van der Waals surface area (Å²) < 4.78 is 6.17. The molecule has 0 heterocycles. The van der Waals surface area contributed by atoms with Crippen LogP contribution in [0, 0.1) is 5.92 Å². The first-order valence-electron chi connectivity index (χ1n) is 5.86. The van der Waals surface area contributed by atoms with Gasteiger partial charge in [-0.3, -0.25) is 4.79 Å². The molecule has 0 aliphatic rings. The van der Waals surface area contributed by atoms with Gasteiger partial charge in [-0.2, -0.15) is 0 Å². The second kappa shape index (κ2) is 6.75. The zero-order chi connectivity index (χ0) is 13.7. The van der Waals surface area contributed by atoms with Crippen molar-refractivity contribution >= 4 is 27.5 Å². The highest BCUT2D eigenvalue weighted by molar-refractivity contribution is 9.10. The molecule has 0 radical (unpaired) electrons. The highest BCUT2D eigenvalue weighted by Crippen LogP contribution is 2.31. The van der Waals surface area contributed by atoms with Gasteiger partial charge in [0.05, 0.1) is 18.7 Å². The molecule has 1 unspecified atom stereocenters. The van der Waals surface area contributed by atoms with E-state index in [9.17, 15) is 4.79 Å². The van der Waals surface area contributed by atoms with Crippen molar-refractivity contribution in [2.45, 2.75) is 13.3 Å². The van der Waals surface area contributed by atoms with E-state index in [1.807, 2.05) is 25.1 Å². The summed E-state index contributed by atoms with van der Waals surface area (Å²) in [6.07, 6.45) is 0.732. The number of carbonyl (C=O) groups is 1. The number of rotatable bonds is 5. The van der Waals surface area contributed by atoms with Crippen molar-refractivity contribution in [3.8, 4) is 5.75 Å². The maximum Gasteiger partial charge on any atom is 0.231 e. The van der Waals surface area contributed by atoms with Crippen LogP contribution in [0.5, 0.6) is 5.75 Å². The molecule has 0 aliphatic carbocycles. The fraction of sp³-hybridized carbons (Fsp3) is 0.462. The fourth-order valence-corrected chi connectivity index (χ4v) is 2.11. The predicted molar refractivity (Wildman–Crippen MR) is 76.9 cm³/mol. The molecule has 1 rings (SSSR count). The van der Waals surface area contributed by atoms with Crippen molar-refractivity contribution < 1.29 is 9.53 Å². The summed E-state index contributed by atoms with van der Waals surface area (Å²) in [5, 5.41) is 0. The van der Waals surface area contributed by atoms with Crippen molar-refractivity contribution in [3.05, 3.63) is 22.7 Å². The number of carbonyl (C=O) groups excluding carboxylic acids is 1. The Morgan fingerprint density at radius 1 is 1.56 bits per heavy atom. The van der Waals surface area contributed by atoms with Gasteiger partial charge in [0.15, 0.2) is 0 Å². The highest BCUT2D eigenvalue weighted by atomic mass is 79.9. The summed E-state index contributed by atoms with van der Waals surface area (Å²) in [5.41, 5.74) is 6.35. The molecule has 18 heavy (non-hydrogen) atoms. The van der Waals surface area contributed by atoms with Crippen molar-refractivity contribution in [3.63, 3.8) is 0 Å². The maximum atomic E-state index is 12.3. The Kier molecular flexibility index (Phi) is 5.62. The monoisotopic (exact) mass is 314 g/mol. The molecule has 1 atom stereocenters. The number of halogens is 1. The molecule has 0 saturated heterocycles. The van der Waals surface area contributed by atoms with Crippen LogP contribution >= 0.6 is 15.9 Å². The van der Waals surface area contributed by atoms with Crippen LogP contribution in [0.1, 0.15) is 13.3 Å². The first-order valence-corrected chi connectivity index (χ1v) is 6.65. The Labute approximate surface area is 116 Å². The lowest BCUT2D eigenvalue weighted by Gasteiger charge is -2.24. The van der Waals surface area contributed by atoms with Gasteiger partial charge < -0.3 is 15.4 Å². The van der Waals surface area contributed by atoms with E-state index in [0.29, 0.717) is 12.3 Å². The topological polar surface area (TPSA) is 55.6 Å². The molecule has 0 spiro atoms. The van der Waals surface area contributed by atoms with Crippen LogP contribution in [0.2, 0.25) is 0 Å². The molecule has 0 bridgehead atoms. The molecule has 1 aromatic carbocycles. The van der Waals surface area contributed by atoms with Crippen LogP contribution in [-0.4, -0.2) is 26.6 Å². The Hall–Kier alpha value is -1.07. The van der Waals surface area contributed by atoms with Crippen LogP contribution in [0.4, 0.5) is 5.69 Å². The average molecular weight is 315 g/mol. The summed E-state index contributed by atoms with van der Waals surface area (Å²) in [4.78, 5) is 13.9. The molecule has 1 amide bonds. The normalized spacial score (nSPS) is 12.1. The zero-order valence-corrected chi connectivity index (χ0v) is 12.5. The molecule has 100 valence electrons. The molecule has 2 N–H and O–H groups in total. The zero-order valence-electron chi connectivity index (χ0n) is 10.9. The number of methoxy groups -OCH3 is 1. The Balaban J connectivity index is 3.05. The highest BCUT2D eigenvalue weighted by Gasteiger charge is 2.22. The average Bonchev–Trinajstić information content (AvgIpc) is 2.39. The minimum Gasteiger partial charge on any atom is -0.495 e. The van der Waals surface area contributed by atoms with Gasteiger partial charge in [-0.05, 0) is 24.6 Å². The first kappa shape index (κ1) is 15.0. The number of nitrogens with zero attached hydrogens (tertiary/aromatic N) is 1. The lowest BCUT2D eigenvalue weighted by molar-refractivity contribution is -0.121. The van der Waals surface area contributed by atoms with E-state index in [0.717, 1.165) is 16.6 Å². The van der Waals surface area contributed by atoms with Crippen molar-refractivity contribution in [2.75, 3.05) is 25.6 Å². The van der Waals surface area contributed by atoms with E-state index in [-0.39, 0.29) is 11.8 Å². The third kappa shape index (κ3) is 3.23. The molecule has 0 fully saturated rings. The van der Waals surface area contributed by atoms with Crippen LogP contribution in [0.15, 0.2) is 22.7 Å². The number of nitrogens with two attached hydrogens (primary N) is 1. The molecular weight excluding hydrogens is 296 g/mol. The van der Waals surface area contributed by atoms with Gasteiger partial charge in [-0.25, -0.2) is 0 Å². The Morgan fingerprint density at radius 3 is 2.72 bits per heavy atom. The van der Waals surface area contributed by atoms with E-state index < -0.39 is 0 Å². The number of amides is 1.